The number of rotatable bonds is 6. The molecule has 1 aliphatic rings. The van der Waals surface area contributed by atoms with Crippen molar-refractivity contribution in [2.75, 3.05) is 6.61 Å². The van der Waals surface area contributed by atoms with E-state index in [9.17, 15) is 0 Å². The molecule has 0 aromatic heterocycles. The van der Waals surface area contributed by atoms with Crippen LogP contribution in [-0.4, -0.2) is 12.2 Å². The Bertz CT molecular complexity index is 125. The summed E-state index contributed by atoms with van der Waals surface area (Å²) in [5.41, 5.74) is 0.105. The maximum Gasteiger partial charge on any atom is 0.109 e. The molecule has 1 unspecified atom stereocenters. The molecule has 0 radical (unpaired) electrons. The van der Waals surface area contributed by atoms with Crippen LogP contribution in [0.3, 0.4) is 0 Å². The van der Waals surface area contributed by atoms with Gasteiger partial charge in [0.25, 0.3) is 0 Å². The van der Waals surface area contributed by atoms with Crippen molar-refractivity contribution in [2.45, 2.75) is 44.6 Å². The Balaban J connectivity index is 1.98. The lowest BCUT2D eigenvalue weighted by Gasteiger charge is -2.04. The fraction of sp³-hybridized carbons (Fsp3) is 0.800. The van der Waals surface area contributed by atoms with E-state index in [0.717, 1.165) is 6.61 Å². The van der Waals surface area contributed by atoms with Gasteiger partial charge in [-0.1, -0.05) is 38.7 Å². The van der Waals surface area contributed by atoms with Gasteiger partial charge in [-0.3, -0.25) is 0 Å². The average Bonchev–Trinajstić information content (AvgIpc) is 2.80. The minimum atomic E-state index is 0.105. The fourth-order valence-electron chi connectivity index (χ4n) is 1.31. The Hall–Kier alpha value is -0.300. The highest BCUT2D eigenvalue weighted by Crippen LogP contribution is 2.33. The summed E-state index contributed by atoms with van der Waals surface area (Å²) in [6.45, 7) is 6.91. The van der Waals surface area contributed by atoms with Crippen molar-refractivity contribution in [3.05, 3.63) is 12.7 Å². The zero-order valence-electron chi connectivity index (χ0n) is 7.44. The minimum absolute atomic E-state index is 0.105. The van der Waals surface area contributed by atoms with Gasteiger partial charge in [-0.2, -0.15) is 0 Å². The lowest BCUT2D eigenvalue weighted by Crippen LogP contribution is -2.05. The summed E-state index contributed by atoms with van der Waals surface area (Å²) in [5, 5.41) is 0. The Morgan fingerprint density at radius 3 is 2.64 bits per heavy atom. The van der Waals surface area contributed by atoms with Crippen molar-refractivity contribution < 1.29 is 4.74 Å². The van der Waals surface area contributed by atoms with Crippen LogP contribution in [0.2, 0.25) is 0 Å². The molecule has 0 bridgehead atoms. The lowest BCUT2D eigenvalue weighted by atomic mass is 10.0. The van der Waals surface area contributed by atoms with Crippen molar-refractivity contribution in [1.82, 2.24) is 0 Å². The molecule has 1 aliphatic heterocycles. The van der Waals surface area contributed by atoms with Crippen LogP contribution in [0, 0.1) is 0 Å². The van der Waals surface area contributed by atoms with E-state index >= 15 is 0 Å². The molecule has 1 nitrogen and oxygen atoms in total. The molecule has 1 fully saturated rings. The van der Waals surface area contributed by atoms with E-state index in [4.69, 9.17) is 4.74 Å². The van der Waals surface area contributed by atoms with Gasteiger partial charge in [-0.05, 0) is 6.42 Å². The predicted molar refractivity (Wildman–Crippen MR) is 47.6 cm³/mol. The van der Waals surface area contributed by atoms with Gasteiger partial charge in [0.2, 0.25) is 0 Å². The number of hydrogen-bond donors (Lipinski definition) is 0. The zero-order valence-corrected chi connectivity index (χ0v) is 7.44. The summed E-state index contributed by atoms with van der Waals surface area (Å²) >= 11 is 0. The number of hydrogen-bond acceptors (Lipinski definition) is 1. The molecular formula is C10H18O. The molecule has 1 heteroatoms. The van der Waals surface area contributed by atoms with Crippen LogP contribution in [-0.2, 0) is 4.74 Å². The molecule has 0 aliphatic carbocycles. The second-order valence-corrected chi connectivity index (χ2v) is 3.37. The Morgan fingerprint density at radius 2 is 2.18 bits per heavy atom. The Morgan fingerprint density at radius 1 is 1.45 bits per heavy atom. The van der Waals surface area contributed by atoms with Crippen LogP contribution in [0.15, 0.2) is 12.7 Å². The largest absolute Gasteiger partial charge is 0.365 e. The van der Waals surface area contributed by atoms with Gasteiger partial charge in [-0.15, -0.1) is 6.58 Å². The number of ether oxygens (including phenoxy) is 1. The van der Waals surface area contributed by atoms with E-state index < -0.39 is 0 Å². The van der Waals surface area contributed by atoms with Crippen LogP contribution in [0.5, 0.6) is 0 Å². The van der Waals surface area contributed by atoms with Crippen LogP contribution < -0.4 is 0 Å². The van der Waals surface area contributed by atoms with Crippen LogP contribution in [0.25, 0.3) is 0 Å². The second-order valence-electron chi connectivity index (χ2n) is 3.37. The topological polar surface area (TPSA) is 12.5 Å². The van der Waals surface area contributed by atoms with Gasteiger partial charge in [0.1, 0.15) is 5.60 Å². The molecule has 0 aromatic carbocycles. The van der Waals surface area contributed by atoms with Crippen molar-refractivity contribution in [1.29, 1.82) is 0 Å². The summed E-state index contributed by atoms with van der Waals surface area (Å²) < 4.78 is 5.31. The average molecular weight is 154 g/mol. The van der Waals surface area contributed by atoms with Crippen molar-refractivity contribution in [3.63, 3.8) is 0 Å². The van der Waals surface area contributed by atoms with E-state index in [-0.39, 0.29) is 5.60 Å². The van der Waals surface area contributed by atoms with Crippen molar-refractivity contribution in [2.24, 2.45) is 0 Å². The van der Waals surface area contributed by atoms with E-state index in [0.29, 0.717) is 0 Å². The number of unbranched alkanes of at least 4 members (excludes halogenated alkanes) is 3. The Kier molecular flexibility index (Phi) is 3.13. The molecule has 0 spiro atoms. The van der Waals surface area contributed by atoms with Crippen LogP contribution in [0.1, 0.15) is 39.0 Å². The third-order valence-corrected chi connectivity index (χ3v) is 2.34. The smallest absolute Gasteiger partial charge is 0.109 e. The summed E-state index contributed by atoms with van der Waals surface area (Å²) in [6, 6.07) is 0. The summed E-state index contributed by atoms with van der Waals surface area (Å²) in [7, 11) is 0. The molecule has 1 atom stereocenters. The first-order chi connectivity index (χ1) is 5.33. The minimum Gasteiger partial charge on any atom is -0.365 e. The van der Waals surface area contributed by atoms with Gasteiger partial charge in [0, 0.05) is 0 Å². The van der Waals surface area contributed by atoms with Gasteiger partial charge in [-0.25, -0.2) is 0 Å². The van der Waals surface area contributed by atoms with Crippen molar-refractivity contribution >= 4 is 0 Å². The zero-order chi connectivity index (χ0) is 8.16. The molecule has 64 valence electrons. The summed E-state index contributed by atoms with van der Waals surface area (Å²) in [6.07, 6.45) is 8.43. The van der Waals surface area contributed by atoms with Gasteiger partial charge < -0.3 is 4.74 Å². The number of epoxide rings is 1. The van der Waals surface area contributed by atoms with Gasteiger partial charge in [0.15, 0.2) is 0 Å². The Labute approximate surface area is 69.4 Å². The summed E-state index contributed by atoms with van der Waals surface area (Å²) in [5.74, 6) is 0. The molecule has 1 saturated heterocycles. The van der Waals surface area contributed by atoms with E-state index in [1.54, 1.807) is 0 Å². The van der Waals surface area contributed by atoms with Gasteiger partial charge in [0.05, 0.1) is 6.61 Å². The second kappa shape index (κ2) is 3.91. The highest BCUT2D eigenvalue weighted by atomic mass is 16.6. The first-order valence-electron chi connectivity index (χ1n) is 4.60. The highest BCUT2D eigenvalue weighted by Gasteiger charge is 2.40. The first kappa shape index (κ1) is 8.79. The first-order valence-corrected chi connectivity index (χ1v) is 4.60. The van der Waals surface area contributed by atoms with E-state index in [1.807, 2.05) is 6.08 Å². The molecule has 0 aromatic rings. The van der Waals surface area contributed by atoms with Crippen molar-refractivity contribution in [3.8, 4) is 0 Å². The molecule has 0 N–H and O–H groups in total. The fourth-order valence-corrected chi connectivity index (χ4v) is 1.31. The third kappa shape index (κ3) is 2.66. The molecular weight excluding hydrogens is 136 g/mol. The normalized spacial score (nSPS) is 28.5. The molecule has 1 rings (SSSR count). The van der Waals surface area contributed by atoms with Gasteiger partial charge >= 0.3 is 0 Å². The third-order valence-electron chi connectivity index (χ3n) is 2.34. The molecule has 0 saturated carbocycles. The monoisotopic (exact) mass is 154 g/mol. The highest BCUT2D eigenvalue weighted by molar-refractivity contribution is 5.06. The maximum absolute atomic E-state index is 5.31. The predicted octanol–water partition coefficient (Wildman–Crippen LogP) is 2.91. The summed E-state index contributed by atoms with van der Waals surface area (Å²) in [4.78, 5) is 0. The standard InChI is InChI=1S/C10H18O/c1-3-5-6-7-8-10(4-2)9-11-10/h4H,2-3,5-9H2,1H3. The molecule has 0 amide bonds. The van der Waals surface area contributed by atoms with Crippen LogP contribution >= 0.6 is 0 Å². The van der Waals surface area contributed by atoms with E-state index in [2.05, 4.69) is 13.5 Å². The van der Waals surface area contributed by atoms with E-state index in [1.165, 1.54) is 32.1 Å². The maximum atomic E-state index is 5.31. The van der Waals surface area contributed by atoms with Crippen LogP contribution in [0.4, 0.5) is 0 Å². The molecule has 1 heterocycles. The SMILES string of the molecule is C=CC1(CCCCCC)CO1. The quantitative estimate of drug-likeness (QED) is 0.325. The molecule has 11 heavy (non-hydrogen) atoms. The lowest BCUT2D eigenvalue weighted by molar-refractivity contribution is 0.329.